The Bertz CT molecular complexity index is 175. The van der Waals surface area contributed by atoms with E-state index in [0.29, 0.717) is 0 Å². The predicted molar refractivity (Wildman–Crippen MR) is 51.0 cm³/mol. The molecule has 0 radical (unpaired) electrons. The summed E-state index contributed by atoms with van der Waals surface area (Å²) in [7, 11) is 0. The molecule has 0 spiro atoms. The van der Waals surface area contributed by atoms with Gasteiger partial charge in [-0.3, -0.25) is 0 Å². The van der Waals surface area contributed by atoms with Gasteiger partial charge >= 0.3 is 0 Å². The predicted octanol–water partition coefficient (Wildman–Crippen LogP) is 2.76. The van der Waals surface area contributed by atoms with E-state index >= 15 is 0 Å². The maximum absolute atomic E-state index is 3.77. The third kappa shape index (κ3) is 6.65. The molecule has 11 heavy (non-hydrogen) atoms. The van der Waals surface area contributed by atoms with Crippen molar-refractivity contribution in [2.24, 2.45) is 0 Å². The lowest BCUT2D eigenvalue weighted by molar-refractivity contribution is 1.09. The zero-order valence-electron chi connectivity index (χ0n) is 7.01. The van der Waals surface area contributed by atoms with Crippen molar-refractivity contribution in [3.8, 4) is 0 Å². The summed E-state index contributed by atoms with van der Waals surface area (Å²) in [6.07, 6.45) is 10.4. The van der Waals surface area contributed by atoms with Crippen LogP contribution in [0.2, 0.25) is 0 Å². The van der Waals surface area contributed by atoms with Gasteiger partial charge in [-0.15, -0.1) is 0 Å². The Morgan fingerprint density at radius 3 is 2.82 bits per heavy atom. The van der Waals surface area contributed by atoms with Gasteiger partial charge in [-0.1, -0.05) is 38.3 Å². The van der Waals surface area contributed by atoms with Gasteiger partial charge in [0.15, 0.2) is 0 Å². The summed E-state index contributed by atoms with van der Waals surface area (Å²) in [6, 6.07) is 0. The van der Waals surface area contributed by atoms with Gasteiger partial charge in [-0.05, 0) is 18.7 Å². The first-order valence-corrected chi connectivity index (χ1v) is 3.70. The molecule has 0 atom stereocenters. The molecule has 0 aliphatic heterocycles. The molecule has 0 heterocycles. The molecule has 1 nitrogen and oxygen atoms in total. The van der Waals surface area contributed by atoms with E-state index < -0.39 is 0 Å². The molecule has 0 rings (SSSR count). The molecule has 1 N–H and O–H groups in total. The van der Waals surface area contributed by atoms with Gasteiger partial charge in [0.2, 0.25) is 0 Å². The van der Waals surface area contributed by atoms with Crippen LogP contribution in [0.15, 0.2) is 49.4 Å². The standard InChI is InChI=1S/C10H15N/c1-4-6-8-10(3)11-9-7-5-2/h4,6-9,11H,1,3,5H2,2H3/b8-6-,9-7-. The van der Waals surface area contributed by atoms with E-state index in [2.05, 4.69) is 25.4 Å². The van der Waals surface area contributed by atoms with E-state index in [-0.39, 0.29) is 0 Å². The number of hydrogen-bond donors (Lipinski definition) is 1. The van der Waals surface area contributed by atoms with Crippen molar-refractivity contribution >= 4 is 0 Å². The minimum atomic E-state index is 0.870. The molecule has 0 unspecified atom stereocenters. The summed E-state index contributed by atoms with van der Waals surface area (Å²) in [5.41, 5.74) is 0.870. The average Bonchev–Trinajstić information content (AvgIpc) is 2.01. The van der Waals surface area contributed by atoms with E-state index in [1.165, 1.54) is 0 Å². The Labute approximate surface area is 68.8 Å². The largest absolute Gasteiger partial charge is 0.362 e. The summed E-state index contributed by atoms with van der Waals surface area (Å²) in [6.45, 7) is 9.41. The second-order valence-corrected chi connectivity index (χ2v) is 2.08. The summed E-state index contributed by atoms with van der Waals surface area (Å²) < 4.78 is 0. The van der Waals surface area contributed by atoms with Crippen LogP contribution in [-0.4, -0.2) is 0 Å². The monoisotopic (exact) mass is 149 g/mol. The van der Waals surface area contributed by atoms with Gasteiger partial charge < -0.3 is 5.32 Å². The molecule has 0 saturated carbocycles. The van der Waals surface area contributed by atoms with Crippen molar-refractivity contribution in [1.29, 1.82) is 0 Å². The van der Waals surface area contributed by atoms with E-state index in [1.807, 2.05) is 24.4 Å². The Morgan fingerprint density at radius 2 is 2.27 bits per heavy atom. The fourth-order valence-electron chi connectivity index (χ4n) is 0.516. The maximum atomic E-state index is 3.77. The molecular weight excluding hydrogens is 134 g/mol. The second kappa shape index (κ2) is 6.87. The Morgan fingerprint density at radius 1 is 1.55 bits per heavy atom. The molecule has 0 aromatic heterocycles. The van der Waals surface area contributed by atoms with E-state index in [4.69, 9.17) is 0 Å². The minimum Gasteiger partial charge on any atom is -0.362 e. The second-order valence-electron chi connectivity index (χ2n) is 2.08. The van der Waals surface area contributed by atoms with Crippen LogP contribution in [0.5, 0.6) is 0 Å². The van der Waals surface area contributed by atoms with Crippen LogP contribution >= 0.6 is 0 Å². The molecular formula is C10H15N. The van der Waals surface area contributed by atoms with Crippen molar-refractivity contribution in [3.05, 3.63) is 49.4 Å². The normalized spacial score (nSPS) is 10.6. The highest BCUT2D eigenvalue weighted by Crippen LogP contribution is 1.87. The highest BCUT2D eigenvalue weighted by molar-refractivity contribution is 5.17. The number of rotatable bonds is 5. The lowest BCUT2D eigenvalue weighted by atomic mass is 10.4. The Balaban J connectivity index is 3.61. The molecule has 0 amide bonds. The highest BCUT2D eigenvalue weighted by atomic mass is 14.8. The summed E-state index contributed by atoms with van der Waals surface area (Å²) >= 11 is 0. The van der Waals surface area contributed by atoms with Crippen LogP contribution < -0.4 is 5.32 Å². The van der Waals surface area contributed by atoms with Crippen LogP contribution in [0.1, 0.15) is 13.3 Å². The zero-order chi connectivity index (χ0) is 8.53. The quantitative estimate of drug-likeness (QED) is 0.593. The van der Waals surface area contributed by atoms with Crippen LogP contribution in [-0.2, 0) is 0 Å². The SMILES string of the molecule is C=C/C=C\C(=C)N/C=C\CC. The first-order chi connectivity index (χ1) is 5.31. The van der Waals surface area contributed by atoms with Gasteiger partial charge in [0.25, 0.3) is 0 Å². The summed E-state index contributed by atoms with van der Waals surface area (Å²) in [5, 5.41) is 3.01. The number of hydrogen-bond acceptors (Lipinski definition) is 1. The van der Waals surface area contributed by atoms with Gasteiger partial charge in [0.1, 0.15) is 0 Å². The van der Waals surface area contributed by atoms with Crippen LogP contribution in [0.4, 0.5) is 0 Å². The fraction of sp³-hybridized carbons (Fsp3) is 0.200. The lowest BCUT2D eigenvalue weighted by Crippen LogP contribution is -1.99. The van der Waals surface area contributed by atoms with Crippen LogP contribution in [0, 0.1) is 0 Å². The molecule has 0 fully saturated rings. The molecule has 0 bridgehead atoms. The first-order valence-electron chi connectivity index (χ1n) is 3.70. The molecule has 0 aromatic carbocycles. The summed E-state index contributed by atoms with van der Waals surface area (Å²) in [5.74, 6) is 0. The van der Waals surface area contributed by atoms with Crippen molar-refractivity contribution in [1.82, 2.24) is 5.32 Å². The van der Waals surface area contributed by atoms with Crippen molar-refractivity contribution in [3.63, 3.8) is 0 Å². The smallest absolute Gasteiger partial charge is 0.0306 e. The first kappa shape index (κ1) is 9.76. The van der Waals surface area contributed by atoms with E-state index in [9.17, 15) is 0 Å². The number of nitrogens with one attached hydrogen (secondary N) is 1. The van der Waals surface area contributed by atoms with E-state index in [1.54, 1.807) is 6.08 Å². The molecule has 0 aliphatic carbocycles. The molecule has 0 aromatic rings. The molecule has 60 valence electrons. The molecule has 0 saturated heterocycles. The van der Waals surface area contributed by atoms with Gasteiger partial charge in [-0.2, -0.15) is 0 Å². The minimum absolute atomic E-state index is 0.870. The van der Waals surface area contributed by atoms with Gasteiger partial charge in [-0.25, -0.2) is 0 Å². The lowest BCUT2D eigenvalue weighted by Gasteiger charge is -1.96. The average molecular weight is 149 g/mol. The number of allylic oxidation sites excluding steroid dienone is 4. The maximum Gasteiger partial charge on any atom is 0.0306 e. The Hall–Kier alpha value is -1.24. The highest BCUT2D eigenvalue weighted by Gasteiger charge is 1.77. The van der Waals surface area contributed by atoms with Crippen molar-refractivity contribution in [2.45, 2.75) is 13.3 Å². The van der Waals surface area contributed by atoms with Crippen molar-refractivity contribution < 1.29 is 0 Å². The van der Waals surface area contributed by atoms with Gasteiger partial charge in [0.05, 0.1) is 0 Å². The molecule has 1 heteroatoms. The fourth-order valence-corrected chi connectivity index (χ4v) is 0.516. The summed E-state index contributed by atoms with van der Waals surface area (Å²) in [4.78, 5) is 0. The third-order valence-electron chi connectivity index (χ3n) is 1.06. The topological polar surface area (TPSA) is 12.0 Å². The third-order valence-corrected chi connectivity index (χ3v) is 1.06. The zero-order valence-corrected chi connectivity index (χ0v) is 7.01. The Kier molecular flexibility index (Phi) is 6.10. The van der Waals surface area contributed by atoms with Crippen LogP contribution in [0.3, 0.4) is 0 Å². The molecule has 0 aliphatic rings. The van der Waals surface area contributed by atoms with Crippen LogP contribution in [0.25, 0.3) is 0 Å². The van der Waals surface area contributed by atoms with E-state index in [0.717, 1.165) is 12.1 Å². The van der Waals surface area contributed by atoms with Gasteiger partial charge in [0, 0.05) is 5.70 Å². The van der Waals surface area contributed by atoms with Crippen molar-refractivity contribution in [2.75, 3.05) is 0 Å².